The first-order chi connectivity index (χ1) is 10.1. The molecule has 2 aromatic rings. The van der Waals surface area contributed by atoms with Crippen LogP contribution in [0.3, 0.4) is 0 Å². The van der Waals surface area contributed by atoms with Crippen molar-refractivity contribution in [2.24, 2.45) is 0 Å². The van der Waals surface area contributed by atoms with Crippen LogP contribution in [-0.4, -0.2) is 34.9 Å². The minimum absolute atomic E-state index is 0.0370. The molecule has 21 heavy (non-hydrogen) atoms. The minimum atomic E-state index is -0.427. The maximum atomic E-state index is 12.0. The number of benzene rings is 1. The summed E-state index contributed by atoms with van der Waals surface area (Å²) < 4.78 is 10.0. The zero-order chi connectivity index (χ0) is 15.2. The van der Waals surface area contributed by atoms with Gasteiger partial charge in [0.05, 0.1) is 6.61 Å². The largest absolute Gasteiger partial charge is 0.508 e. The van der Waals surface area contributed by atoms with E-state index in [1.54, 1.807) is 26.2 Å². The maximum Gasteiger partial charge on any atom is 0.252 e. The smallest absolute Gasteiger partial charge is 0.252 e. The molecule has 1 aromatic heterocycles. The molecule has 0 radical (unpaired) electrons. The van der Waals surface area contributed by atoms with Crippen LogP contribution >= 0.6 is 0 Å². The van der Waals surface area contributed by atoms with Crippen LogP contribution in [0.2, 0.25) is 0 Å². The Morgan fingerprint density at radius 3 is 3.05 bits per heavy atom. The number of aromatic nitrogens is 2. The fraction of sp³-hybridized carbons (Fsp3) is 0.357. The summed E-state index contributed by atoms with van der Waals surface area (Å²) in [7, 11) is 1.60. The topological polar surface area (TPSA) is 97.5 Å². The van der Waals surface area contributed by atoms with Crippen LogP contribution in [0.15, 0.2) is 28.8 Å². The number of ether oxygens (including phenoxy) is 1. The van der Waals surface area contributed by atoms with E-state index in [0.717, 1.165) is 0 Å². The van der Waals surface area contributed by atoms with Gasteiger partial charge in [-0.15, -0.1) is 0 Å². The molecule has 0 aliphatic rings. The van der Waals surface area contributed by atoms with Crippen molar-refractivity contribution in [3.63, 3.8) is 0 Å². The van der Waals surface area contributed by atoms with E-state index in [1.165, 1.54) is 12.1 Å². The number of carbonyl (C=O) groups is 1. The predicted octanol–water partition coefficient (Wildman–Crippen LogP) is 1.46. The van der Waals surface area contributed by atoms with Crippen LogP contribution in [0.1, 0.15) is 35.0 Å². The maximum absolute atomic E-state index is 12.0. The molecule has 2 N–H and O–H groups in total. The van der Waals surface area contributed by atoms with E-state index < -0.39 is 6.04 Å². The number of methoxy groups -OCH3 is 1. The molecule has 1 unspecified atom stereocenters. The van der Waals surface area contributed by atoms with Gasteiger partial charge in [0.25, 0.3) is 5.91 Å². The molecule has 0 aliphatic heterocycles. The highest BCUT2D eigenvalue weighted by Crippen LogP contribution is 2.14. The fourth-order valence-corrected chi connectivity index (χ4v) is 1.73. The van der Waals surface area contributed by atoms with E-state index in [2.05, 4.69) is 15.5 Å². The van der Waals surface area contributed by atoms with Crippen molar-refractivity contribution in [3.8, 4) is 5.75 Å². The van der Waals surface area contributed by atoms with E-state index in [1.807, 2.05) is 0 Å². The molecule has 2 rings (SSSR count). The third-order valence-corrected chi connectivity index (χ3v) is 2.84. The molecule has 0 saturated carbocycles. The van der Waals surface area contributed by atoms with Gasteiger partial charge in [0.15, 0.2) is 5.82 Å². The Labute approximate surface area is 121 Å². The first kappa shape index (κ1) is 15.0. The van der Waals surface area contributed by atoms with E-state index in [0.29, 0.717) is 30.3 Å². The summed E-state index contributed by atoms with van der Waals surface area (Å²) >= 11 is 0. The lowest BCUT2D eigenvalue weighted by Gasteiger charge is -2.09. The molecule has 0 saturated heterocycles. The molecule has 1 heterocycles. The van der Waals surface area contributed by atoms with Gasteiger partial charge in [0, 0.05) is 19.1 Å². The van der Waals surface area contributed by atoms with Gasteiger partial charge in [-0.25, -0.2) is 0 Å². The Morgan fingerprint density at radius 2 is 2.33 bits per heavy atom. The Kier molecular flexibility index (Phi) is 4.89. The number of phenolic OH excluding ortho intramolecular Hbond substituents is 1. The third-order valence-electron chi connectivity index (χ3n) is 2.84. The third kappa shape index (κ3) is 4.03. The van der Waals surface area contributed by atoms with Crippen LogP contribution in [0.5, 0.6) is 5.75 Å². The lowest BCUT2D eigenvalue weighted by atomic mass is 10.2. The number of nitrogens with zero attached hydrogens (tertiary/aromatic N) is 2. The number of amides is 1. The SMILES string of the molecule is COCCc1noc(C(C)NC(=O)c2cccc(O)c2)n1. The fourth-order valence-electron chi connectivity index (χ4n) is 1.73. The van der Waals surface area contributed by atoms with Crippen LogP contribution in [-0.2, 0) is 11.2 Å². The van der Waals surface area contributed by atoms with Crippen LogP contribution in [0.25, 0.3) is 0 Å². The van der Waals surface area contributed by atoms with Crippen molar-refractivity contribution in [3.05, 3.63) is 41.5 Å². The zero-order valence-corrected chi connectivity index (χ0v) is 11.9. The van der Waals surface area contributed by atoms with E-state index in [4.69, 9.17) is 9.26 Å². The Hall–Kier alpha value is -2.41. The molecular weight excluding hydrogens is 274 g/mol. The highest BCUT2D eigenvalue weighted by atomic mass is 16.5. The summed E-state index contributed by atoms with van der Waals surface area (Å²) in [5.41, 5.74) is 0.362. The van der Waals surface area contributed by atoms with Gasteiger partial charge in [-0.05, 0) is 25.1 Å². The quantitative estimate of drug-likeness (QED) is 0.836. The Bertz CT molecular complexity index is 612. The van der Waals surface area contributed by atoms with Crippen molar-refractivity contribution in [2.75, 3.05) is 13.7 Å². The lowest BCUT2D eigenvalue weighted by Crippen LogP contribution is -2.26. The lowest BCUT2D eigenvalue weighted by molar-refractivity contribution is 0.0932. The van der Waals surface area contributed by atoms with Gasteiger partial charge in [-0.1, -0.05) is 11.2 Å². The van der Waals surface area contributed by atoms with Gasteiger partial charge in [-0.3, -0.25) is 4.79 Å². The first-order valence-corrected chi connectivity index (χ1v) is 6.51. The number of nitrogens with one attached hydrogen (secondary N) is 1. The number of rotatable bonds is 6. The molecule has 1 amide bonds. The Balaban J connectivity index is 1.99. The normalized spacial score (nSPS) is 12.1. The number of carbonyl (C=O) groups excluding carboxylic acids is 1. The van der Waals surface area contributed by atoms with E-state index in [-0.39, 0.29) is 11.7 Å². The molecule has 0 fully saturated rings. The van der Waals surface area contributed by atoms with Crippen molar-refractivity contribution in [2.45, 2.75) is 19.4 Å². The van der Waals surface area contributed by atoms with Crippen LogP contribution in [0.4, 0.5) is 0 Å². The monoisotopic (exact) mass is 291 g/mol. The van der Waals surface area contributed by atoms with Crippen molar-refractivity contribution < 1.29 is 19.2 Å². The Morgan fingerprint density at radius 1 is 1.52 bits per heavy atom. The molecule has 7 nitrogen and oxygen atoms in total. The molecule has 112 valence electrons. The van der Waals surface area contributed by atoms with Gasteiger partial charge < -0.3 is 19.7 Å². The molecule has 0 aliphatic carbocycles. The molecule has 0 bridgehead atoms. The highest BCUT2D eigenvalue weighted by molar-refractivity contribution is 5.94. The number of phenols is 1. The average molecular weight is 291 g/mol. The molecule has 0 spiro atoms. The van der Waals surface area contributed by atoms with Gasteiger partial charge in [0.1, 0.15) is 11.8 Å². The second kappa shape index (κ2) is 6.85. The van der Waals surface area contributed by atoms with E-state index >= 15 is 0 Å². The number of aromatic hydroxyl groups is 1. The van der Waals surface area contributed by atoms with Crippen LogP contribution in [0, 0.1) is 0 Å². The predicted molar refractivity (Wildman–Crippen MR) is 73.9 cm³/mol. The first-order valence-electron chi connectivity index (χ1n) is 6.51. The molecule has 7 heteroatoms. The molecular formula is C14H17N3O4. The minimum Gasteiger partial charge on any atom is -0.508 e. The van der Waals surface area contributed by atoms with Crippen molar-refractivity contribution in [1.82, 2.24) is 15.5 Å². The second-order valence-electron chi connectivity index (χ2n) is 4.54. The van der Waals surface area contributed by atoms with E-state index in [9.17, 15) is 9.90 Å². The summed E-state index contributed by atoms with van der Waals surface area (Å²) in [5, 5.41) is 15.9. The molecule has 1 atom stereocenters. The van der Waals surface area contributed by atoms with Gasteiger partial charge >= 0.3 is 0 Å². The summed E-state index contributed by atoms with van der Waals surface area (Å²) in [6, 6.07) is 5.67. The summed E-state index contributed by atoms with van der Waals surface area (Å²) in [6.45, 7) is 2.25. The zero-order valence-electron chi connectivity index (χ0n) is 11.9. The summed E-state index contributed by atoms with van der Waals surface area (Å²) in [5.74, 6) is 0.574. The van der Waals surface area contributed by atoms with Gasteiger partial charge in [0.2, 0.25) is 5.89 Å². The van der Waals surface area contributed by atoms with Crippen molar-refractivity contribution >= 4 is 5.91 Å². The number of hydrogen-bond donors (Lipinski definition) is 2. The number of hydrogen-bond acceptors (Lipinski definition) is 6. The summed E-state index contributed by atoms with van der Waals surface area (Å²) in [4.78, 5) is 16.2. The summed E-state index contributed by atoms with van der Waals surface area (Å²) in [6.07, 6.45) is 0.549. The molecule has 1 aromatic carbocycles. The second-order valence-corrected chi connectivity index (χ2v) is 4.54. The standard InChI is InChI=1S/C14H17N3O4/c1-9(14-16-12(17-21-14)6-7-20-2)15-13(19)10-4-3-5-11(18)8-10/h3-5,8-9,18H,6-7H2,1-2H3,(H,15,19). The van der Waals surface area contributed by atoms with Gasteiger partial charge in [-0.2, -0.15) is 4.98 Å². The van der Waals surface area contributed by atoms with Crippen molar-refractivity contribution in [1.29, 1.82) is 0 Å². The van der Waals surface area contributed by atoms with Crippen LogP contribution < -0.4 is 5.32 Å². The highest BCUT2D eigenvalue weighted by Gasteiger charge is 2.17. The average Bonchev–Trinajstić information content (AvgIpc) is 2.94.